The minimum atomic E-state index is 0.472. The molecule has 36 heavy (non-hydrogen) atoms. The predicted octanol–water partition coefficient (Wildman–Crippen LogP) is 11.1. The zero-order valence-electron chi connectivity index (χ0n) is 27.3. The fourth-order valence-corrected chi connectivity index (χ4v) is 10.9. The first-order valence-corrected chi connectivity index (χ1v) is 16.7. The third-order valence-corrected chi connectivity index (χ3v) is 14.7. The molecule has 0 aromatic carbocycles. The van der Waals surface area contributed by atoms with Gasteiger partial charge in [0, 0.05) is 0 Å². The predicted molar refractivity (Wildman–Crippen MR) is 161 cm³/mol. The molecule has 12 unspecified atom stereocenters. The van der Waals surface area contributed by atoms with Crippen LogP contribution in [0.3, 0.4) is 0 Å². The Morgan fingerprint density at radius 2 is 0.889 bits per heavy atom. The van der Waals surface area contributed by atoms with E-state index in [1.165, 1.54) is 32.1 Å². The van der Waals surface area contributed by atoms with Gasteiger partial charge in [-0.1, -0.05) is 110 Å². The van der Waals surface area contributed by atoms with Gasteiger partial charge in [0.05, 0.1) is 0 Å². The fraction of sp³-hybridized carbons (Fsp3) is 1.00. The van der Waals surface area contributed by atoms with Gasteiger partial charge in [-0.05, 0) is 119 Å². The van der Waals surface area contributed by atoms with Crippen molar-refractivity contribution in [2.75, 3.05) is 0 Å². The van der Waals surface area contributed by atoms with Crippen LogP contribution in [-0.4, -0.2) is 0 Å². The van der Waals surface area contributed by atoms with Crippen LogP contribution in [0.4, 0.5) is 0 Å². The smallest absolute Gasteiger partial charge is 0.0287 e. The Labute approximate surface area is 228 Å². The molecule has 0 saturated heterocycles. The van der Waals surface area contributed by atoms with Gasteiger partial charge in [-0.25, -0.2) is 0 Å². The van der Waals surface area contributed by atoms with Gasteiger partial charge in [-0.15, -0.1) is 0 Å². The summed E-state index contributed by atoms with van der Waals surface area (Å²) in [6.45, 7) is 36.4. The second-order valence-corrected chi connectivity index (χ2v) is 16.1. The lowest BCUT2D eigenvalue weighted by molar-refractivity contribution is -0.213. The van der Waals surface area contributed by atoms with E-state index in [1.807, 2.05) is 0 Å². The third-order valence-electron chi connectivity index (χ3n) is 14.7. The molecule has 0 N–H and O–H groups in total. The molecule has 3 saturated carbocycles. The Morgan fingerprint density at radius 1 is 0.528 bits per heavy atom. The Morgan fingerprint density at radius 3 is 1.25 bits per heavy atom. The molecule has 0 aromatic heterocycles. The number of hydrogen-bond acceptors (Lipinski definition) is 0. The molecule has 0 nitrogen and oxygen atoms in total. The summed E-state index contributed by atoms with van der Waals surface area (Å²) in [5, 5.41) is 0. The average molecular weight is 501 g/mol. The van der Waals surface area contributed by atoms with Gasteiger partial charge < -0.3 is 0 Å². The lowest BCUT2D eigenvalue weighted by Crippen LogP contribution is -2.64. The van der Waals surface area contributed by atoms with Crippen molar-refractivity contribution >= 4 is 0 Å². The van der Waals surface area contributed by atoms with Crippen molar-refractivity contribution in [3.05, 3.63) is 0 Å². The van der Waals surface area contributed by atoms with E-state index >= 15 is 0 Å². The van der Waals surface area contributed by atoms with Crippen LogP contribution in [0.15, 0.2) is 0 Å². The highest BCUT2D eigenvalue weighted by atomic mass is 14.7. The number of rotatable bonds is 4. The molecule has 0 amide bonds. The molecule has 12 atom stereocenters. The lowest BCUT2D eigenvalue weighted by Gasteiger charge is -2.69. The average Bonchev–Trinajstić information content (AvgIpc) is 2.80. The summed E-state index contributed by atoms with van der Waals surface area (Å²) in [5.41, 5.74) is 0.472. The topological polar surface area (TPSA) is 0 Å². The monoisotopic (exact) mass is 501 g/mol. The first-order valence-electron chi connectivity index (χ1n) is 16.7. The molecular formula is C36H68. The minimum Gasteiger partial charge on any atom is -0.0651 e. The van der Waals surface area contributed by atoms with Crippen molar-refractivity contribution in [2.24, 2.45) is 100 Å². The van der Waals surface area contributed by atoms with Crippen LogP contribution in [0.5, 0.6) is 0 Å². The van der Waals surface area contributed by atoms with E-state index in [0.717, 1.165) is 94.7 Å². The van der Waals surface area contributed by atoms with Crippen LogP contribution in [0.25, 0.3) is 0 Å². The molecule has 0 heterocycles. The van der Waals surface area contributed by atoms with Crippen molar-refractivity contribution in [3.63, 3.8) is 0 Å². The quantitative estimate of drug-likeness (QED) is 0.360. The maximum Gasteiger partial charge on any atom is -0.0287 e. The summed E-state index contributed by atoms with van der Waals surface area (Å²) in [5.74, 6) is 13.9. The Bertz CT molecular complexity index is 638. The third kappa shape index (κ3) is 5.25. The van der Waals surface area contributed by atoms with E-state index in [1.54, 1.807) is 0 Å². The van der Waals surface area contributed by atoms with Crippen LogP contribution in [-0.2, 0) is 0 Å². The van der Waals surface area contributed by atoms with Gasteiger partial charge in [0.15, 0.2) is 0 Å². The second-order valence-electron chi connectivity index (χ2n) is 16.1. The van der Waals surface area contributed by atoms with E-state index < -0.39 is 0 Å². The molecule has 212 valence electrons. The molecule has 3 aliphatic carbocycles. The van der Waals surface area contributed by atoms with E-state index in [-0.39, 0.29) is 0 Å². The standard InChI is InChI=1S/C36H68/c1-15-30(16-2)31-18-32(19-31)33-34-28(11)26(9)24(7)22(5)20(3)17-21(4)23(6)25(8)27(10)29(12)35(33)36(34,13)14/h20-35H,15-19H2,1-14H3. The summed E-state index contributed by atoms with van der Waals surface area (Å²) in [4.78, 5) is 0. The number of fused-ring (bicyclic) bond motifs is 2. The lowest BCUT2D eigenvalue weighted by atomic mass is 9.36. The zero-order chi connectivity index (χ0) is 27.3. The molecule has 0 radical (unpaired) electrons. The Hall–Kier alpha value is 0. The first kappa shape index (κ1) is 30.5. The Balaban J connectivity index is 1.98. The maximum absolute atomic E-state index is 2.70. The van der Waals surface area contributed by atoms with Gasteiger partial charge >= 0.3 is 0 Å². The van der Waals surface area contributed by atoms with Crippen molar-refractivity contribution in [2.45, 2.75) is 129 Å². The van der Waals surface area contributed by atoms with E-state index in [2.05, 4.69) is 96.9 Å². The minimum absolute atomic E-state index is 0.472. The normalized spacial score (nSPS) is 52.2. The maximum atomic E-state index is 2.70. The van der Waals surface area contributed by atoms with Gasteiger partial charge in [0.2, 0.25) is 0 Å². The van der Waals surface area contributed by atoms with Gasteiger partial charge in [0.25, 0.3) is 0 Å². The number of hydrogen-bond donors (Lipinski definition) is 0. The fourth-order valence-electron chi connectivity index (χ4n) is 10.9. The van der Waals surface area contributed by atoms with Crippen LogP contribution >= 0.6 is 0 Å². The highest BCUT2D eigenvalue weighted by Gasteiger charge is 2.64. The van der Waals surface area contributed by atoms with E-state index in [4.69, 9.17) is 0 Å². The molecule has 0 aliphatic heterocycles. The van der Waals surface area contributed by atoms with Gasteiger partial charge in [-0.3, -0.25) is 0 Å². The van der Waals surface area contributed by atoms with Gasteiger partial charge in [-0.2, -0.15) is 0 Å². The highest BCUT2D eigenvalue weighted by molar-refractivity contribution is 5.11. The Kier molecular flexibility index (Phi) is 9.86. The molecular weight excluding hydrogens is 432 g/mol. The van der Waals surface area contributed by atoms with Crippen molar-refractivity contribution in [1.29, 1.82) is 0 Å². The zero-order valence-corrected chi connectivity index (χ0v) is 27.3. The molecule has 2 bridgehead atoms. The van der Waals surface area contributed by atoms with Crippen molar-refractivity contribution in [3.8, 4) is 0 Å². The summed E-state index contributed by atoms with van der Waals surface area (Å²) >= 11 is 0. The first-order chi connectivity index (χ1) is 16.7. The molecule has 3 aliphatic rings. The molecule has 3 fully saturated rings. The molecule has 0 spiro atoms. The molecule has 3 rings (SSSR count). The summed E-state index contributed by atoms with van der Waals surface area (Å²) in [6.07, 6.45) is 7.25. The van der Waals surface area contributed by atoms with Crippen molar-refractivity contribution < 1.29 is 0 Å². The highest BCUT2D eigenvalue weighted by Crippen LogP contribution is 2.69. The summed E-state index contributed by atoms with van der Waals surface area (Å²) in [6, 6.07) is 0. The largest absolute Gasteiger partial charge is 0.0651 e. The summed E-state index contributed by atoms with van der Waals surface area (Å²) < 4.78 is 0. The van der Waals surface area contributed by atoms with Gasteiger partial charge in [0.1, 0.15) is 0 Å². The van der Waals surface area contributed by atoms with Crippen molar-refractivity contribution in [1.82, 2.24) is 0 Å². The van der Waals surface area contributed by atoms with Crippen LogP contribution in [0, 0.1) is 100 Å². The summed E-state index contributed by atoms with van der Waals surface area (Å²) in [7, 11) is 0. The van der Waals surface area contributed by atoms with Crippen LogP contribution < -0.4 is 0 Å². The SMILES string of the molecule is CCC(CC)C1CC(C2C3C(C)C(C)C(C)C(C)C(C)CC(C)C(C)C(C)C(C)C(C)C2C3(C)C)C1. The van der Waals surface area contributed by atoms with Crippen LogP contribution in [0.1, 0.15) is 129 Å². The van der Waals surface area contributed by atoms with E-state index in [9.17, 15) is 0 Å². The van der Waals surface area contributed by atoms with E-state index in [0.29, 0.717) is 5.41 Å². The molecule has 0 heteroatoms. The molecule has 0 aromatic rings. The van der Waals surface area contributed by atoms with Crippen LogP contribution in [0.2, 0.25) is 0 Å². The second kappa shape index (κ2) is 11.6.